The maximum Gasteiger partial charge on any atom is 0.155 e. The van der Waals surface area contributed by atoms with Gasteiger partial charge < -0.3 is 9.69 Å². The number of Topliss-reactive ketones (excluding diaryl/α,β-unsaturated/α-hetero) is 1. The Morgan fingerprint density at radius 1 is 1.23 bits per heavy atom. The molecule has 0 rings (SSSR count). The van der Waals surface area contributed by atoms with E-state index in [2.05, 4.69) is 0 Å². The highest BCUT2D eigenvalue weighted by Gasteiger charge is 1.98. The predicted molar refractivity (Wildman–Crippen MR) is 52.6 cm³/mol. The minimum atomic E-state index is 0.0250. The summed E-state index contributed by atoms with van der Waals surface area (Å²) in [5, 5.41) is 0. The minimum Gasteiger partial charge on any atom is -0.306 e. The molecule has 0 atom stereocenters. The molecule has 0 N–H and O–H groups in total. The number of carbonyl (C=O) groups is 2. The van der Waals surface area contributed by atoms with Crippen LogP contribution < -0.4 is 0 Å². The van der Waals surface area contributed by atoms with Crippen molar-refractivity contribution in [1.82, 2.24) is 4.90 Å². The van der Waals surface area contributed by atoms with Crippen LogP contribution >= 0.6 is 0 Å². The third-order valence-corrected chi connectivity index (χ3v) is 1.50. The fraction of sp³-hybridized carbons (Fsp3) is 0.600. The fourth-order valence-electron chi connectivity index (χ4n) is 0.778. The van der Waals surface area contributed by atoms with Gasteiger partial charge in [-0.3, -0.25) is 4.79 Å². The van der Waals surface area contributed by atoms with Gasteiger partial charge in [-0.25, -0.2) is 0 Å². The van der Waals surface area contributed by atoms with E-state index in [1.165, 1.54) is 6.92 Å². The van der Waals surface area contributed by atoms with Gasteiger partial charge >= 0.3 is 0 Å². The van der Waals surface area contributed by atoms with Crippen LogP contribution in [0, 0.1) is 0 Å². The van der Waals surface area contributed by atoms with Crippen molar-refractivity contribution in [1.29, 1.82) is 0 Å². The lowest BCUT2D eigenvalue weighted by molar-refractivity contribution is -0.120. The molecule has 0 fully saturated rings. The van der Waals surface area contributed by atoms with Crippen molar-refractivity contribution in [3.05, 3.63) is 12.2 Å². The summed E-state index contributed by atoms with van der Waals surface area (Å²) in [6.07, 6.45) is 4.04. The summed E-state index contributed by atoms with van der Waals surface area (Å²) in [4.78, 5) is 23.6. The predicted octanol–water partition coefficient (Wildman–Crippen LogP) is 1.04. The molecular weight excluding hydrogens is 166 g/mol. The molecular formula is C10H17NO2. The number of likely N-dealkylation sites (N-methyl/N-ethyl adjacent to an activating group) is 1. The zero-order valence-electron chi connectivity index (χ0n) is 8.54. The molecule has 74 valence electrons. The SMILES string of the molecule is CC(=O)CCC(=O)/C=C/CN(C)C. The lowest BCUT2D eigenvalue weighted by atomic mass is 10.1. The summed E-state index contributed by atoms with van der Waals surface area (Å²) in [5.74, 6) is 0.0893. The highest BCUT2D eigenvalue weighted by Crippen LogP contribution is 1.93. The molecule has 0 aliphatic carbocycles. The van der Waals surface area contributed by atoms with Crippen LogP contribution in [0.25, 0.3) is 0 Å². The van der Waals surface area contributed by atoms with E-state index < -0.39 is 0 Å². The number of nitrogens with zero attached hydrogens (tertiary/aromatic N) is 1. The zero-order valence-corrected chi connectivity index (χ0v) is 8.54. The Morgan fingerprint density at radius 3 is 2.31 bits per heavy atom. The summed E-state index contributed by atoms with van der Waals surface area (Å²) < 4.78 is 0. The van der Waals surface area contributed by atoms with Gasteiger partial charge in [0.2, 0.25) is 0 Å². The largest absolute Gasteiger partial charge is 0.306 e. The molecule has 3 nitrogen and oxygen atoms in total. The van der Waals surface area contributed by atoms with Crippen LogP contribution in [0.3, 0.4) is 0 Å². The Morgan fingerprint density at radius 2 is 1.85 bits per heavy atom. The number of allylic oxidation sites excluding steroid dienone is 1. The maximum absolute atomic E-state index is 11.1. The molecule has 0 saturated heterocycles. The van der Waals surface area contributed by atoms with E-state index in [4.69, 9.17) is 0 Å². The number of carbonyl (C=O) groups excluding carboxylic acids is 2. The van der Waals surface area contributed by atoms with E-state index >= 15 is 0 Å². The summed E-state index contributed by atoms with van der Waals surface area (Å²) in [6.45, 7) is 2.25. The van der Waals surface area contributed by atoms with E-state index in [-0.39, 0.29) is 11.6 Å². The van der Waals surface area contributed by atoms with Crippen LogP contribution in [0.2, 0.25) is 0 Å². The van der Waals surface area contributed by atoms with E-state index in [1.807, 2.05) is 25.1 Å². The molecule has 0 saturated carbocycles. The van der Waals surface area contributed by atoms with Crippen LogP contribution in [-0.4, -0.2) is 37.1 Å². The van der Waals surface area contributed by atoms with Gasteiger partial charge in [0, 0.05) is 19.4 Å². The molecule has 0 radical (unpaired) electrons. The number of ketones is 2. The van der Waals surface area contributed by atoms with Crippen molar-refractivity contribution in [2.24, 2.45) is 0 Å². The molecule has 0 amide bonds. The van der Waals surface area contributed by atoms with Gasteiger partial charge in [-0.2, -0.15) is 0 Å². The molecule has 0 aliphatic heterocycles. The second-order valence-corrected chi connectivity index (χ2v) is 3.33. The quantitative estimate of drug-likeness (QED) is 0.577. The van der Waals surface area contributed by atoms with E-state index in [9.17, 15) is 9.59 Å². The average molecular weight is 183 g/mol. The molecule has 0 unspecified atom stereocenters. The minimum absolute atomic E-state index is 0.0250. The van der Waals surface area contributed by atoms with E-state index in [1.54, 1.807) is 6.08 Å². The summed E-state index contributed by atoms with van der Waals surface area (Å²) >= 11 is 0. The molecule has 0 spiro atoms. The van der Waals surface area contributed by atoms with Crippen LogP contribution in [0.1, 0.15) is 19.8 Å². The summed E-state index contributed by atoms with van der Waals surface area (Å²) in [6, 6.07) is 0. The van der Waals surface area contributed by atoms with Crippen molar-refractivity contribution in [2.45, 2.75) is 19.8 Å². The zero-order chi connectivity index (χ0) is 10.3. The molecule has 0 aliphatic rings. The first kappa shape index (κ1) is 12.0. The number of hydrogen-bond donors (Lipinski definition) is 0. The van der Waals surface area contributed by atoms with Crippen molar-refractivity contribution >= 4 is 11.6 Å². The van der Waals surface area contributed by atoms with Gasteiger partial charge in [0.15, 0.2) is 5.78 Å². The molecule has 0 heterocycles. The van der Waals surface area contributed by atoms with Crippen LogP contribution in [0.4, 0.5) is 0 Å². The molecule has 0 bridgehead atoms. The van der Waals surface area contributed by atoms with Gasteiger partial charge in [0.1, 0.15) is 5.78 Å². The van der Waals surface area contributed by atoms with Crippen LogP contribution in [0.15, 0.2) is 12.2 Å². The third kappa shape index (κ3) is 8.95. The lowest BCUT2D eigenvalue weighted by Crippen LogP contribution is -2.11. The normalized spacial score (nSPS) is 11.1. The van der Waals surface area contributed by atoms with Crippen LogP contribution in [0.5, 0.6) is 0 Å². The highest BCUT2D eigenvalue weighted by atomic mass is 16.1. The Labute approximate surface area is 79.4 Å². The second kappa shape index (κ2) is 6.54. The van der Waals surface area contributed by atoms with Crippen LogP contribution in [-0.2, 0) is 9.59 Å². The Hall–Kier alpha value is -0.960. The standard InChI is InChI=1S/C10H17NO2/c1-9(12)6-7-10(13)5-4-8-11(2)3/h4-5H,6-8H2,1-3H3/b5-4+. The maximum atomic E-state index is 11.1. The first-order valence-electron chi connectivity index (χ1n) is 4.36. The molecule has 0 aromatic heterocycles. The number of hydrogen-bond acceptors (Lipinski definition) is 3. The van der Waals surface area contributed by atoms with Gasteiger partial charge in [0.25, 0.3) is 0 Å². The third-order valence-electron chi connectivity index (χ3n) is 1.50. The Bertz CT molecular complexity index is 207. The molecule has 13 heavy (non-hydrogen) atoms. The van der Waals surface area contributed by atoms with E-state index in [0.29, 0.717) is 12.8 Å². The summed E-state index contributed by atoms with van der Waals surface area (Å²) in [7, 11) is 3.87. The Kier molecular flexibility index (Phi) is 6.06. The fourth-order valence-corrected chi connectivity index (χ4v) is 0.778. The lowest BCUT2D eigenvalue weighted by Gasteiger charge is -2.02. The summed E-state index contributed by atoms with van der Waals surface area (Å²) in [5.41, 5.74) is 0. The van der Waals surface area contributed by atoms with Crippen molar-refractivity contribution in [3.8, 4) is 0 Å². The smallest absolute Gasteiger partial charge is 0.155 e. The average Bonchev–Trinajstić information content (AvgIpc) is 2.00. The molecule has 0 aromatic carbocycles. The van der Waals surface area contributed by atoms with Gasteiger partial charge in [-0.15, -0.1) is 0 Å². The second-order valence-electron chi connectivity index (χ2n) is 3.33. The van der Waals surface area contributed by atoms with Gasteiger partial charge in [0.05, 0.1) is 0 Å². The molecule has 3 heteroatoms. The highest BCUT2D eigenvalue weighted by molar-refractivity contribution is 5.92. The van der Waals surface area contributed by atoms with Gasteiger partial charge in [-0.05, 0) is 27.1 Å². The first-order chi connectivity index (χ1) is 6.02. The van der Waals surface area contributed by atoms with Gasteiger partial charge in [-0.1, -0.05) is 6.08 Å². The van der Waals surface area contributed by atoms with Crippen molar-refractivity contribution < 1.29 is 9.59 Å². The van der Waals surface area contributed by atoms with Crippen molar-refractivity contribution in [2.75, 3.05) is 20.6 Å². The monoisotopic (exact) mass is 183 g/mol. The molecule has 0 aromatic rings. The number of rotatable bonds is 6. The van der Waals surface area contributed by atoms with E-state index in [0.717, 1.165) is 6.54 Å². The van der Waals surface area contributed by atoms with Crippen molar-refractivity contribution in [3.63, 3.8) is 0 Å². The first-order valence-corrected chi connectivity index (χ1v) is 4.36. The Balaban J connectivity index is 3.61. The topological polar surface area (TPSA) is 37.4 Å².